The predicted octanol–water partition coefficient (Wildman–Crippen LogP) is 8.58. The van der Waals surface area contributed by atoms with Crippen LogP contribution in [0.25, 0.3) is 0 Å². The average molecular weight is 441 g/mol. The van der Waals surface area contributed by atoms with Crippen LogP contribution in [0.2, 0.25) is 0 Å². The molecule has 3 fully saturated rings. The number of aliphatic hydroxyl groups is 1. The minimum absolute atomic E-state index is 0.0337. The number of hydrogen-bond acceptors (Lipinski definition) is 1. The summed E-state index contributed by atoms with van der Waals surface area (Å²) in [6, 6.07) is 0. The highest BCUT2D eigenvalue weighted by Crippen LogP contribution is 2.73. The third kappa shape index (κ3) is 3.34. The molecule has 0 radical (unpaired) electrons. The largest absolute Gasteiger partial charge is 0.393 e. The van der Waals surface area contributed by atoms with E-state index in [-0.39, 0.29) is 16.9 Å². The fourth-order valence-electron chi connectivity index (χ4n) is 9.57. The average Bonchev–Trinajstić information content (AvgIpc) is 3.00. The summed E-state index contributed by atoms with van der Waals surface area (Å²) in [6.45, 7) is 24.1. The van der Waals surface area contributed by atoms with Crippen LogP contribution in [-0.4, -0.2) is 11.2 Å². The highest BCUT2D eigenvalue weighted by atomic mass is 16.3. The van der Waals surface area contributed by atoms with Gasteiger partial charge in [-0.15, -0.1) is 0 Å². The van der Waals surface area contributed by atoms with Crippen LogP contribution >= 0.6 is 0 Å². The van der Waals surface area contributed by atoms with E-state index in [1.807, 2.05) is 0 Å². The summed E-state index contributed by atoms with van der Waals surface area (Å²) in [7, 11) is 0. The highest BCUT2D eigenvalue weighted by Gasteiger charge is 2.65. The number of hydrogen-bond donors (Lipinski definition) is 1. The minimum Gasteiger partial charge on any atom is -0.393 e. The molecule has 0 saturated heterocycles. The van der Waals surface area contributed by atoms with E-state index in [9.17, 15) is 5.11 Å². The van der Waals surface area contributed by atoms with Gasteiger partial charge in [-0.3, -0.25) is 0 Å². The minimum atomic E-state index is -0.139. The lowest BCUT2D eigenvalue weighted by molar-refractivity contribution is -0.118. The van der Waals surface area contributed by atoms with E-state index >= 15 is 0 Å². The summed E-state index contributed by atoms with van der Waals surface area (Å²) < 4.78 is 0. The van der Waals surface area contributed by atoms with Crippen molar-refractivity contribution in [3.63, 3.8) is 0 Å². The van der Waals surface area contributed by atoms with Gasteiger partial charge in [0.15, 0.2) is 0 Å². The first kappa shape index (κ1) is 24.6. The van der Waals surface area contributed by atoms with Gasteiger partial charge < -0.3 is 5.11 Å². The maximum atomic E-state index is 10.8. The number of rotatable bonds is 5. The molecule has 1 unspecified atom stereocenters. The molecule has 0 heterocycles. The summed E-state index contributed by atoms with van der Waals surface area (Å²) in [6.07, 6.45) is 14.0. The Morgan fingerprint density at radius 3 is 2.34 bits per heavy atom. The Bertz CT molecular complexity index is 773. The third-order valence-corrected chi connectivity index (χ3v) is 12.3. The molecule has 0 aliphatic heterocycles. The zero-order valence-electron chi connectivity index (χ0n) is 22.6. The normalized spacial score (nSPS) is 46.1. The van der Waals surface area contributed by atoms with E-state index in [1.54, 1.807) is 5.57 Å². The van der Waals surface area contributed by atoms with Gasteiger partial charge >= 0.3 is 0 Å². The maximum absolute atomic E-state index is 10.8. The SMILES string of the molecule is C=C(CC[C@@H](C)[C@H]1CC[C@@]2(C)[C@@H]3CCC4C(C)(C)[C@@H](O)CC[C@]4(C)C3=CC[C@]12C)C(C)C. The molecule has 3 saturated carbocycles. The fraction of sp³-hybridized carbons (Fsp3) is 0.871. The van der Waals surface area contributed by atoms with Crippen LogP contribution < -0.4 is 0 Å². The van der Waals surface area contributed by atoms with E-state index < -0.39 is 0 Å². The first-order chi connectivity index (χ1) is 14.8. The summed E-state index contributed by atoms with van der Waals surface area (Å²) in [5.74, 6) is 3.59. The van der Waals surface area contributed by atoms with Gasteiger partial charge in [-0.25, -0.2) is 0 Å². The van der Waals surface area contributed by atoms with Crippen LogP contribution in [0.3, 0.4) is 0 Å². The molecule has 0 aromatic carbocycles. The second kappa shape index (κ2) is 8.00. The van der Waals surface area contributed by atoms with Crippen LogP contribution in [-0.2, 0) is 0 Å². The van der Waals surface area contributed by atoms with Gasteiger partial charge in [0.05, 0.1) is 6.10 Å². The molecule has 182 valence electrons. The van der Waals surface area contributed by atoms with Gasteiger partial charge in [0.2, 0.25) is 0 Å². The zero-order valence-corrected chi connectivity index (χ0v) is 22.6. The topological polar surface area (TPSA) is 20.2 Å². The molecule has 0 amide bonds. The smallest absolute Gasteiger partial charge is 0.0594 e. The summed E-state index contributed by atoms with van der Waals surface area (Å²) in [5.41, 5.74) is 4.41. The quantitative estimate of drug-likeness (QED) is 0.424. The zero-order chi connectivity index (χ0) is 23.7. The van der Waals surface area contributed by atoms with Crippen molar-refractivity contribution in [2.75, 3.05) is 0 Å². The van der Waals surface area contributed by atoms with E-state index in [0.29, 0.717) is 22.7 Å². The van der Waals surface area contributed by atoms with Gasteiger partial charge in [-0.05, 0) is 109 Å². The van der Waals surface area contributed by atoms with Crippen LogP contribution in [0.1, 0.15) is 113 Å². The number of allylic oxidation sites excluding steroid dienone is 3. The lowest BCUT2D eigenvalue weighted by atomic mass is 9.41. The Morgan fingerprint density at radius 2 is 1.69 bits per heavy atom. The molecule has 32 heavy (non-hydrogen) atoms. The first-order valence-electron chi connectivity index (χ1n) is 13.9. The molecular weight excluding hydrogens is 388 g/mol. The lowest BCUT2D eigenvalue weighted by Gasteiger charge is -2.64. The summed E-state index contributed by atoms with van der Waals surface area (Å²) in [4.78, 5) is 0. The van der Waals surface area contributed by atoms with Crippen molar-refractivity contribution >= 4 is 0 Å². The first-order valence-corrected chi connectivity index (χ1v) is 13.9. The Balaban J connectivity index is 1.61. The Labute approximate surface area is 199 Å². The summed E-state index contributed by atoms with van der Waals surface area (Å²) in [5, 5.41) is 10.8. The van der Waals surface area contributed by atoms with E-state index in [1.165, 1.54) is 56.9 Å². The molecular formula is C31H52O. The van der Waals surface area contributed by atoms with Gasteiger partial charge in [0.1, 0.15) is 0 Å². The molecule has 4 aliphatic rings. The van der Waals surface area contributed by atoms with Crippen LogP contribution in [0, 0.1) is 51.2 Å². The fourth-order valence-corrected chi connectivity index (χ4v) is 9.57. The highest BCUT2D eigenvalue weighted by molar-refractivity contribution is 5.32. The predicted molar refractivity (Wildman–Crippen MR) is 137 cm³/mol. The Morgan fingerprint density at radius 1 is 1.00 bits per heavy atom. The molecule has 0 bridgehead atoms. The Kier molecular flexibility index (Phi) is 6.14. The second-order valence-corrected chi connectivity index (χ2v) is 14.1. The van der Waals surface area contributed by atoms with Crippen molar-refractivity contribution in [3.8, 4) is 0 Å². The molecule has 0 spiro atoms. The Hall–Kier alpha value is -0.560. The molecule has 8 atom stereocenters. The van der Waals surface area contributed by atoms with E-state index in [0.717, 1.165) is 24.2 Å². The summed E-state index contributed by atoms with van der Waals surface area (Å²) >= 11 is 0. The monoisotopic (exact) mass is 440 g/mol. The van der Waals surface area contributed by atoms with Crippen molar-refractivity contribution in [1.82, 2.24) is 0 Å². The molecule has 1 heteroatoms. The van der Waals surface area contributed by atoms with Gasteiger partial charge in [0, 0.05) is 0 Å². The standard InChI is InChI=1S/C31H52O/c1-20(2)21(3)10-11-22(4)23-14-18-31(9)25-12-13-26-28(5,6)27(32)16-17-29(26,7)24(25)15-19-30(23,31)8/h15,20,22-23,25-27,32H,3,10-14,16-19H2,1-2,4-9H3/t22-,23-,25-,26?,27+,29-,30-,31+/m1/s1. The number of aliphatic hydroxyl groups excluding tert-OH is 1. The van der Waals surface area contributed by atoms with E-state index in [4.69, 9.17) is 0 Å². The molecule has 0 aromatic heterocycles. The van der Waals surface area contributed by atoms with Crippen molar-refractivity contribution in [2.24, 2.45) is 51.2 Å². The van der Waals surface area contributed by atoms with Gasteiger partial charge in [0.25, 0.3) is 0 Å². The molecule has 1 N–H and O–H groups in total. The second-order valence-electron chi connectivity index (χ2n) is 14.1. The van der Waals surface area contributed by atoms with Crippen molar-refractivity contribution in [3.05, 3.63) is 23.8 Å². The molecule has 1 nitrogen and oxygen atoms in total. The molecule has 0 aromatic rings. The van der Waals surface area contributed by atoms with Crippen LogP contribution in [0.15, 0.2) is 23.8 Å². The van der Waals surface area contributed by atoms with Crippen molar-refractivity contribution < 1.29 is 5.11 Å². The van der Waals surface area contributed by atoms with Gasteiger partial charge in [-0.1, -0.05) is 79.2 Å². The van der Waals surface area contributed by atoms with Gasteiger partial charge in [-0.2, -0.15) is 0 Å². The van der Waals surface area contributed by atoms with Crippen molar-refractivity contribution in [2.45, 2.75) is 119 Å². The number of fused-ring (bicyclic) bond motifs is 5. The molecule has 4 rings (SSSR count). The third-order valence-electron chi connectivity index (χ3n) is 12.3. The van der Waals surface area contributed by atoms with Crippen LogP contribution in [0.4, 0.5) is 0 Å². The van der Waals surface area contributed by atoms with E-state index in [2.05, 4.69) is 68.0 Å². The lowest BCUT2D eigenvalue weighted by Crippen LogP contribution is -2.57. The molecule has 4 aliphatic carbocycles. The van der Waals surface area contributed by atoms with Crippen molar-refractivity contribution in [1.29, 1.82) is 0 Å². The maximum Gasteiger partial charge on any atom is 0.0594 e. The van der Waals surface area contributed by atoms with Crippen LogP contribution in [0.5, 0.6) is 0 Å².